The van der Waals surface area contributed by atoms with Gasteiger partial charge in [0.1, 0.15) is 6.61 Å². The van der Waals surface area contributed by atoms with E-state index >= 15 is 0 Å². The number of ether oxygens (including phenoxy) is 1. The predicted molar refractivity (Wildman–Crippen MR) is 57.9 cm³/mol. The molecule has 0 heterocycles. The summed E-state index contributed by atoms with van der Waals surface area (Å²) in [4.78, 5) is 10.2. The van der Waals surface area contributed by atoms with Crippen LogP contribution in [0.2, 0.25) is 0 Å². The molecule has 0 aliphatic rings. The van der Waals surface area contributed by atoms with Crippen LogP contribution in [0.5, 0.6) is 0 Å². The summed E-state index contributed by atoms with van der Waals surface area (Å²) < 4.78 is 4.99. The van der Waals surface area contributed by atoms with Crippen LogP contribution in [0.25, 0.3) is 0 Å². The lowest BCUT2D eigenvalue weighted by Crippen LogP contribution is -2.09. The van der Waals surface area contributed by atoms with Crippen molar-refractivity contribution in [3.8, 4) is 0 Å². The Labute approximate surface area is 89.7 Å². The fourth-order valence-corrected chi connectivity index (χ4v) is 1.37. The van der Waals surface area contributed by atoms with Crippen LogP contribution in [0.1, 0.15) is 24.8 Å². The average Bonchev–Trinajstić information content (AvgIpc) is 2.25. The topological polar surface area (TPSA) is 46.5 Å². The van der Waals surface area contributed by atoms with Crippen LogP contribution in [0.15, 0.2) is 30.3 Å². The Balaban J connectivity index is 2.25. The minimum atomic E-state index is -0.914. The highest BCUT2D eigenvalue weighted by Gasteiger charge is 2.04. The minimum absolute atomic E-state index is 0.207. The normalized spacial score (nSPS) is 12.3. The molecule has 0 aliphatic heterocycles. The first-order valence-electron chi connectivity index (χ1n) is 5.04. The van der Waals surface area contributed by atoms with Crippen molar-refractivity contribution in [2.75, 3.05) is 13.2 Å². The van der Waals surface area contributed by atoms with Gasteiger partial charge in [0.15, 0.2) is 0 Å². The molecule has 0 saturated heterocycles. The van der Waals surface area contributed by atoms with E-state index in [1.54, 1.807) is 0 Å². The van der Waals surface area contributed by atoms with Crippen LogP contribution in [-0.2, 0) is 9.53 Å². The Kier molecular flexibility index (Phi) is 4.84. The van der Waals surface area contributed by atoms with Crippen molar-refractivity contribution >= 4 is 5.97 Å². The van der Waals surface area contributed by atoms with E-state index in [0.29, 0.717) is 12.5 Å². The SMILES string of the molecule is CC(CCOCC(=O)O)c1ccccc1. The molecule has 0 fully saturated rings. The minimum Gasteiger partial charge on any atom is -0.480 e. The van der Waals surface area contributed by atoms with E-state index in [1.807, 2.05) is 18.2 Å². The summed E-state index contributed by atoms with van der Waals surface area (Å²) in [5, 5.41) is 8.37. The predicted octanol–water partition coefficient (Wildman–Crippen LogP) is 2.28. The molecule has 1 aromatic rings. The van der Waals surface area contributed by atoms with Gasteiger partial charge in [-0.3, -0.25) is 0 Å². The number of carboxylic acid groups (broad SMARTS) is 1. The number of carboxylic acids is 1. The zero-order valence-electron chi connectivity index (χ0n) is 8.85. The quantitative estimate of drug-likeness (QED) is 0.729. The first-order chi connectivity index (χ1) is 7.20. The monoisotopic (exact) mass is 208 g/mol. The second-order valence-corrected chi connectivity index (χ2v) is 3.55. The van der Waals surface area contributed by atoms with Gasteiger partial charge in [-0.2, -0.15) is 0 Å². The Hall–Kier alpha value is -1.35. The maximum Gasteiger partial charge on any atom is 0.329 e. The molecule has 0 amide bonds. The fraction of sp³-hybridized carbons (Fsp3) is 0.417. The first kappa shape index (κ1) is 11.7. The Bertz CT molecular complexity index is 295. The van der Waals surface area contributed by atoms with Crippen LogP contribution in [0.3, 0.4) is 0 Å². The van der Waals surface area contributed by atoms with Gasteiger partial charge in [0, 0.05) is 6.61 Å². The van der Waals surface area contributed by atoms with Crippen LogP contribution < -0.4 is 0 Å². The zero-order chi connectivity index (χ0) is 11.1. The van der Waals surface area contributed by atoms with Crippen molar-refractivity contribution in [1.29, 1.82) is 0 Å². The number of aliphatic carboxylic acids is 1. The summed E-state index contributed by atoms with van der Waals surface area (Å²) in [6.45, 7) is 2.39. The lowest BCUT2D eigenvalue weighted by Gasteiger charge is -2.11. The van der Waals surface area contributed by atoms with Gasteiger partial charge in [0.05, 0.1) is 0 Å². The fourth-order valence-electron chi connectivity index (χ4n) is 1.37. The summed E-state index contributed by atoms with van der Waals surface area (Å²) in [5.41, 5.74) is 1.26. The van der Waals surface area contributed by atoms with Gasteiger partial charge in [0.25, 0.3) is 0 Å². The average molecular weight is 208 g/mol. The van der Waals surface area contributed by atoms with Crippen molar-refractivity contribution in [2.45, 2.75) is 19.3 Å². The van der Waals surface area contributed by atoms with Crippen LogP contribution >= 0.6 is 0 Å². The third-order valence-electron chi connectivity index (χ3n) is 2.29. The molecule has 82 valence electrons. The second kappa shape index (κ2) is 6.19. The van der Waals surface area contributed by atoms with E-state index < -0.39 is 5.97 Å². The standard InChI is InChI=1S/C12H16O3/c1-10(7-8-15-9-12(13)14)11-5-3-2-4-6-11/h2-6,10H,7-9H2,1H3,(H,13,14). The number of hydrogen-bond acceptors (Lipinski definition) is 2. The summed E-state index contributed by atoms with van der Waals surface area (Å²) >= 11 is 0. The second-order valence-electron chi connectivity index (χ2n) is 3.55. The van der Waals surface area contributed by atoms with E-state index in [-0.39, 0.29) is 6.61 Å². The molecule has 3 heteroatoms. The van der Waals surface area contributed by atoms with Gasteiger partial charge in [0.2, 0.25) is 0 Å². The molecule has 3 nitrogen and oxygen atoms in total. The van der Waals surface area contributed by atoms with E-state index in [1.165, 1.54) is 5.56 Å². The number of hydrogen-bond donors (Lipinski definition) is 1. The van der Waals surface area contributed by atoms with Crippen molar-refractivity contribution in [3.05, 3.63) is 35.9 Å². The molecule has 1 rings (SSSR count). The molecular formula is C12H16O3. The van der Waals surface area contributed by atoms with Crippen LogP contribution in [0, 0.1) is 0 Å². The molecule has 15 heavy (non-hydrogen) atoms. The van der Waals surface area contributed by atoms with Gasteiger partial charge < -0.3 is 9.84 Å². The smallest absolute Gasteiger partial charge is 0.329 e. The Morgan fingerprint density at radius 3 is 2.67 bits per heavy atom. The number of benzene rings is 1. The highest BCUT2D eigenvalue weighted by atomic mass is 16.5. The first-order valence-corrected chi connectivity index (χ1v) is 5.04. The van der Waals surface area contributed by atoms with Gasteiger partial charge in [-0.05, 0) is 17.9 Å². The van der Waals surface area contributed by atoms with Gasteiger partial charge >= 0.3 is 5.97 Å². The highest BCUT2D eigenvalue weighted by Crippen LogP contribution is 2.17. The van der Waals surface area contributed by atoms with Crippen LogP contribution in [0.4, 0.5) is 0 Å². The molecule has 1 atom stereocenters. The summed E-state index contributed by atoms with van der Waals surface area (Å²) in [6.07, 6.45) is 0.845. The van der Waals surface area contributed by atoms with Gasteiger partial charge in [-0.15, -0.1) is 0 Å². The van der Waals surface area contributed by atoms with Crippen molar-refractivity contribution in [1.82, 2.24) is 0 Å². The molecular weight excluding hydrogens is 192 g/mol. The lowest BCUT2D eigenvalue weighted by molar-refractivity contribution is -0.142. The van der Waals surface area contributed by atoms with Gasteiger partial charge in [-0.25, -0.2) is 4.79 Å². The third kappa shape index (κ3) is 4.61. The summed E-state index contributed by atoms with van der Waals surface area (Å²) in [7, 11) is 0. The Morgan fingerprint density at radius 2 is 2.07 bits per heavy atom. The van der Waals surface area contributed by atoms with Crippen LogP contribution in [-0.4, -0.2) is 24.3 Å². The van der Waals surface area contributed by atoms with Crippen molar-refractivity contribution in [3.63, 3.8) is 0 Å². The van der Waals surface area contributed by atoms with E-state index in [0.717, 1.165) is 6.42 Å². The van der Waals surface area contributed by atoms with Gasteiger partial charge in [-0.1, -0.05) is 37.3 Å². The maximum atomic E-state index is 10.2. The largest absolute Gasteiger partial charge is 0.480 e. The van der Waals surface area contributed by atoms with Crippen molar-refractivity contribution in [2.24, 2.45) is 0 Å². The molecule has 0 saturated carbocycles. The highest BCUT2D eigenvalue weighted by molar-refractivity contribution is 5.67. The zero-order valence-corrected chi connectivity index (χ0v) is 8.85. The lowest BCUT2D eigenvalue weighted by atomic mass is 9.98. The molecule has 1 unspecified atom stereocenters. The molecule has 1 N–H and O–H groups in total. The molecule has 0 radical (unpaired) electrons. The number of carbonyl (C=O) groups is 1. The van der Waals surface area contributed by atoms with Crippen molar-refractivity contribution < 1.29 is 14.6 Å². The van der Waals surface area contributed by atoms with E-state index in [9.17, 15) is 4.79 Å². The van der Waals surface area contributed by atoms with E-state index in [4.69, 9.17) is 9.84 Å². The van der Waals surface area contributed by atoms with E-state index in [2.05, 4.69) is 19.1 Å². The third-order valence-corrected chi connectivity index (χ3v) is 2.29. The molecule has 0 aliphatic carbocycles. The molecule has 0 aromatic heterocycles. The summed E-state index contributed by atoms with van der Waals surface area (Å²) in [6, 6.07) is 10.1. The summed E-state index contributed by atoms with van der Waals surface area (Å²) in [5.74, 6) is -0.512. The Morgan fingerprint density at radius 1 is 1.40 bits per heavy atom. The molecule has 0 bridgehead atoms. The number of rotatable bonds is 6. The molecule has 0 spiro atoms. The maximum absolute atomic E-state index is 10.2. The molecule has 1 aromatic carbocycles.